The van der Waals surface area contributed by atoms with E-state index in [2.05, 4.69) is 5.32 Å². The highest BCUT2D eigenvalue weighted by atomic mass is 16.2. The van der Waals surface area contributed by atoms with Crippen molar-refractivity contribution in [1.82, 2.24) is 15.1 Å². The second-order valence-electron chi connectivity index (χ2n) is 7.85. The molecule has 0 fully saturated rings. The zero-order valence-corrected chi connectivity index (χ0v) is 17.3. The molecular weight excluding hydrogens is 366 g/mol. The third-order valence-corrected chi connectivity index (χ3v) is 5.28. The van der Waals surface area contributed by atoms with E-state index in [1.54, 1.807) is 24.3 Å². The topological polar surface area (TPSA) is 69.7 Å². The number of benzene rings is 2. The number of amides is 3. The van der Waals surface area contributed by atoms with E-state index >= 15 is 0 Å². The van der Waals surface area contributed by atoms with Crippen molar-refractivity contribution in [2.24, 2.45) is 5.92 Å². The van der Waals surface area contributed by atoms with Crippen LogP contribution in [0.15, 0.2) is 54.6 Å². The highest BCUT2D eigenvalue weighted by Gasteiger charge is 2.43. The van der Waals surface area contributed by atoms with Gasteiger partial charge in [-0.2, -0.15) is 0 Å². The van der Waals surface area contributed by atoms with Crippen molar-refractivity contribution in [2.75, 3.05) is 20.6 Å². The molecule has 1 aliphatic heterocycles. The number of nitrogens with one attached hydrogen (secondary N) is 1. The van der Waals surface area contributed by atoms with E-state index in [1.807, 2.05) is 63.2 Å². The van der Waals surface area contributed by atoms with Crippen molar-refractivity contribution in [3.63, 3.8) is 0 Å². The molecule has 0 bridgehead atoms. The van der Waals surface area contributed by atoms with Crippen molar-refractivity contribution in [2.45, 2.75) is 25.9 Å². The van der Waals surface area contributed by atoms with Crippen LogP contribution in [0.4, 0.5) is 0 Å². The van der Waals surface area contributed by atoms with Crippen LogP contribution in [0.2, 0.25) is 0 Å². The Balaban J connectivity index is 1.79. The van der Waals surface area contributed by atoms with Gasteiger partial charge in [0, 0.05) is 6.54 Å². The SMILES string of the molecule is CC(C)[C@H](C(=O)NC[C@H](c1ccccc1)N(C)C)N1C(=O)c2ccccc2C1=O. The molecule has 1 heterocycles. The van der Waals surface area contributed by atoms with Gasteiger partial charge in [0.05, 0.1) is 17.2 Å². The van der Waals surface area contributed by atoms with Gasteiger partial charge in [-0.3, -0.25) is 19.3 Å². The maximum absolute atomic E-state index is 13.1. The lowest BCUT2D eigenvalue weighted by Crippen LogP contribution is -2.53. The Morgan fingerprint density at radius 1 is 0.931 bits per heavy atom. The summed E-state index contributed by atoms with van der Waals surface area (Å²) in [5.41, 5.74) is 1.79. The number of nitrogens with zero attached hydrogens (tertiary/aromatic N) is 2. The molecule has 6 heteroatoms. The molecule has 2 aromatic carbocycles. The number of rotatable bonds is 7. The van der Waals surface area contributed by atoms with Crippen LogP contribution < -0.4 is 5.32 Å². The third-order valence-electron chi connectivity index (χ3n) is 5.28. The van der Waals surface area contributed by atoms with Crippen LogP contribution in [-0.2, 0) is 4.79 Å². The first-order chi connectivity index (χ1) is 13.8. The molecular formula is C23H27N3O3. The van der Waals surface area contributed by atoms with E-state index in [0.29, 0.717) is 17.7 Å². The molecule has 6 nitrogen and oxygen atoms in total. The van der Waals surface area contributed by atoms with Crippen molar-refractivity contribution in [3.8, 4) is 0 Å². The smallest absolute Gasteiger partial charge is 0.262 e. The Morgan fingerprint density at radius 2 is 1.45 bits per heavy atom. The second kappa shape index (κ2) is 8.57. The molecule has 2 atom stereocenters. The number of carbonyl (C=O) groups excluding carboxylic acids is 3. The van der Waals surface area contributed by atoms with E-state index in [9.17, 15) is 14.4 Å². The van der Waals surface area contributed by atoms with Crippen LogP contribution in [0, 0.1) is 5.92 Å². The van der Waals surface area contributed by atoms with Gasteiger partial charge in [0.15, 0.2) is 0 Å². The lowest BCUT2D eigenvalue weighted by molar-refractivity contribution is -0.126. The average molecular weight is 393 g/mol. The summed E-state index contributed by atoms with van der Waals surface area (Å²) in [6.07, 6.45) is 0. The van der Waals surface area contributed by atoms with Gasteiger partial charge in [0.2, 0.25) is 5.91 Å². The molecule has 0 spiro atoms. The number of carbonyl (C=O) groups is 3. The predicted octanol–water partition coefficient (Wildman–Crippen LogP) is 2.73. The summed E-state index contributed by atoms with van der Waals surface area (Å²) in [4.78, 5) is 41.9. The quantitative estimate of drug-likeness (QED) is 0.735. The van der Waals surface area contributed by atoms with Crippen LogP contribution in [0.3, 0.4) is 0 Å². The van der Waals surface area contributed by atoms with Gasteiger partial charge in [0.1, 0.15) is 6.04 Å². The minimum atomic E-state index is -0.860. The Morgan fingerprint density at radius 3 is 1.93 bits per heavy atom. The molecule has 0 unspecified atom stereocenters. The number of imide groups is 1. The third kappa shape index (κ3) is 4.07. The lowest BCUT2D eigenvalue weighted by atomic mass is 10.0. The molecule has 0 aliphatic carbocycles. The van der Waals surface area contributed by atoms with E-state index in [0.717, 1.165) is 10.5 Å². The molecule has 0 aromatic heterocycles. The number of likely N-dealkylation sites (N-methyl/N-ethyl adjacent to an activating group) is 1. The highest BCUT2D eigenvalue weighted by molar-refractivity contribution is 6.22. The summed E-state index contributed by atoms with van der Waals surface area (Å²) >= 11 is 0. The zero-order valence-electron chi connectivity index (χ0n) is 17.3. The first kappa shape index (κ1) is 20.7. The summed E-state index contributed by atoms with van der Waals surface area (Å²) < 4.78 is 0. The number of hydrogen-bond donors (Lipinski definition) is 1. The predicted molar refractivity (Wildman–Crippen MR) is 111 cm³/mol. The van der Waals surface area contributed by atoms with Crippen LogP contribution in [0.1, 0.15) is 46.2 Å². The van der Waals surface area contributed by atoms with Gasteiger partial charge in [-0.25, -0.2) is 0 Å². The lowest BCUT2D eigenvalue weighted by Gasteiger charge is -2.30. The summed E-state index contributed by atoms with van der Waals surface area (Å²) in [5, 5.41) is 2.96. The summed E-state index contributed by atoms with van der Waals surface area (Å²) in [5.74, 6) is -1.36. The van der Waals surface area contributed by atoms with Crippen molar-refractivity contribution >= 4 is 17.7 Å². The van der Waals surface area contributed by atoms with Gasteiger partial charge < -0.3 is 10.2 Å². The van der Waals surface area contributed by atoms with Gasteiger partial charge in [0.25, 0.3) is 11.8 Å². The molecule has 3 amide bonds. The molecule has 3 rings (SSSR count). The average Bonchev–Trinajstić information content (AvgIpc) is 2.94. The molecule has 152 valence electrons. The Bertz CT molecular complexity index is 874. The van der Waals surface area contributed by atoms with Crippen molar-refractivity contribution < 1.29 is 14.4 Å². The minimum Gasteiger partial charge on any atom is -0.352 e. The Hall–Kier alpha value is -2.99. The standard InChI is InChI=1S/C23H27N3O3/c1-15(2)20(26-22(28)17-12-8-9-13-18(17)23(26)29)21(27)24-14-19(25(3)4)16-10-6-5-7-11-16/h5-13,15,19-20H,14H2,1-4H3,(H,24,27)/t19-,20-/m1/s1. The molecule has 0 saturated carbocycles. The summed E-state index contributed by atoms with van der Waals surface area (Å²) in [6.45, 7) is 4.06. The highest BCUT2D eigenvalue weighted by Crippen LogP contribution is 2.27. The fourth-order valence-electron chi connectivity index (χ4n) is 3.75. The van der Waals surface area contributed by atoms with E-state index in [4.69, 9.17) is 0 Å². The molecule has 29 heavy (non-hydrogen) atoms. The normalized spacial score (nSPS) is 15.6. The number of hydrogen-bond acceptors (Lipinski definition) is 4. The van der Waals surface area contributed by atoms with Crippen LogP contribution in [-0.4, -0.2) is 54.2 Å². The van der Waals surface area contributed by atoms with Gasteiger partial charge in [-0.15, -0.1) is 0 Å². The van der Waals surface area contributed by atoms with E-state index in [1.165, 1.54) is 0 Å². The molecule has 1 aliphatic rings. The molecule has 0 radical (unpaired) electrons. The first-order valence-electron chi connectivity index (χ1n) is 9.79. The maximum atomic E-state index is 13.1. The van der Waals surface area contributed by atoms with Crippen molar-refractivity contribution in [3.05, 3.63) is 71.3 Å². The van der Waals surface area contributed by atoms with Gasteiger partial charge >= 0.3 is 0 Å². The minimum absolute atomic E-state index is 0.0184. The molecule has 0 saturated heterocycles. The fraction of sp³-hybridized carbons (Fsp3) is 0.348. The Labute approximate surface area is 171 Å². The van der Waals surface area contributed by atoms with E-state index < -0.39 is 17.9 Å². The molecule has 2 aromatic rings. The first-order valence-corrected chi connectivity index (χ1v) is 9.79. The maximum Gasteiger partial charge on any atom is 0.262 e. The summed E-state index contributed by atoms with van der Waals surface area (Å²) in [6, 6.07) is 15.7. The number of fused-ring (bicyclic) bond motifs is 1. The summed E-state index contributed by atoms with van der Waals surface area (Å²) in [7, 11) is 3.90. The van der Waals surface area contributed by atoms with Gasteiger partial charge in [-0.05, 0) is 37.7 Å². The fourth-order valence-corrected chi connectivity index (χ4v) is 3.75. The zero-order chi connectivity index (χ0) is 21.1. The monoisotopic (exact) mass is 393 g/mol. The largest absolute Gasteiger partial charge is 0.352 e. The van der Waals surface area contributed by atoms with Crippen LogP contribution in [0.25, 0.3) is 0 Å². The van der Waals surface area contributed by atoms with Gasteiger partial charge in [-0.1, -0.05) is 56.3 Å². The van der Waals surface area contributed by atoms with Crippen LogP contribution in [0.5, 0.6) is 0 Å². The Kier molecular flexibility index (Phi) is 6.13. The molecule has 1 N–H and O–H groups in total. The van der Waals surface area contributed by atoms with E-state index in [-0.39, 0.29) is 17.9 Å². The van der Waals surface area contributed by atoms with Crippen LogP contribution >= 0.6 is 0 Å². The van der Waals surface area contributed by atoms with Crippen molar-refractivity contribution in [1.29, 1.82) is 0 Å². The second-order valence-corrected chi connectivity index (χ2v) is 7.85.